The van der Waals surface area contributed by atoms with E-state index in [0.29, 0.717) is 35.8 Å². The molecule has 4 rings (SSSR count). The lowest BCUT2D eigenvalue weighted by Gasteiger charge is -2.35. The van der Waals surface area contributed by atoms with Crippen molar-refractivity contribution in [2.75, 3.05) is 44.0 Å². The number of carbonyl (C=O) groups is 3. The number of fused-ring (bicyclic) bond motifs is 1. The van der Waals surface area contributed by atoms with E-state index in [-0.39, 0.29) is 55.0 Å². The zero-order valence-corrected chi connectivity index (χ0v) is 27.9. The minimum atomic E-state index is -0.492. The summed E-state index contributed by atoms with van der Waals surface area (Å²) in [4.78, 5) is 43.7. The average Bonchev–Trinajstić information content (AvgIpc) is 3.06. The molecule has 0 bridgehead atoms. The van der Waals surface area contributed by atoms with E-state index in [2.05, 4.69) is 10.6 Å². The summed E-state index contributed by atoms with van der Waals surface area (Å²) in [6, 6.07) is 13.8. The third kappa shape index (κ3) is 9.93. The third-order valence-electron chi connectivity index (χ3n) is 9.12. The number of para-hydroxylation sites is 1. The number of anilines is 2. The molecule has 2 aromatic carbocycles. The fraction of sp³-hybridized carbons (Fsp3) is 0.583. The van der Waals surface area contributed by atoms with Crippen LogP contribution in [0.3, 0.4) is 0 Å². The molecule has 252 valence electrons. The van der Waals surface area contributed by atoms with Crippen LogP contribution in [0.25, 0.3) is 0 Å². The van der Waals surface area contributed by atoms with Gasteiger partial charge in [-0.25, -0.2) is 4.79 Å². The molecule has 1 saturated carbocycles. The zero-order valence-electron chi connectivity index (χ0n) is 27.9. The van der Waals surface area contributed by atoms with Crippen LogP contribution in [-0.2, 0) is 9.53 Å². The Kier molecular flexibility index (Phi) is 13.3. The maximum absolute atomic E-state index is 14.3. The van der Waals surface area contributed by atoms with E-state index in [4.69, 9.17) is 9.47 Å². The van der Waals surface area contributed by atoms with E-state index in [1.54, 1.807) is 42.0 Å². The van der Waals surface area contributed by atoms with Crippen LogP contribution in [0.1, 0.15) is 82.5 Å². The van der Waals surface area contributed by atoms with E-state index in [9.17, 15) is 19.5 Å². The van der Waals surface area contributed by atoms with Crippen LogP contribution in [-0.4, -0.2) is 84.4 Å². The molecule has 0 aromatic heterocycles. The predicted molar refractivity (Wildman–Crippen MR) is 180 cm³/mol. The Labute approximate surface area is 273 Å². The number of nitrogens with zero attached hydrogens (tertiary/aromatic N) is 2. The summed E-state index contributed by atoms with van der Waals surface area (Å²) < 4.78 is 12.7. The maximum atomic E-state index is 14.3. The first-order valence-electron chi connectivity index (χ1n) is 16.9. The van der Waals surface area contributed by atoms with Gasteiger partial charge in [-0.15, -0.1) is 0 Å². The lowest BCUT2D eigenvalue weighted by Crippen LogP contribution is -2.48. The number of benzene rings is 2. The van der Waals surface area contributed by atoms with Gasteiger partial charge < -0.3 is 35.0 Å². The van der Waals surface area contributed by atoms with Crippen LogP contribution in [0.2, 0.25) is 0 Å². The zero-order chi connectivity index (χ0) is 33.1. The van der Waals surface area contributed by atoms with Crippen molar-refractivity contribution in [2.45, 2.75) is 90.4 Å². The summed E-state index contributed by atoms with van der Waals surface area (Å²) in [6.45, 7) is 6.69. The number of likely N-dealkylation sites (N-methyl/N-ethyl adjacent to an activating group) is 1. The Balaban J connectivity index is 1.58. The maximum Gasteiger partial charge on any atom is 0.321 e. The topological polar surface area (TPSA) is 120 Å². The van der Waals surface area contributed by atoms with Crippen LogP contribution in [0.15, 0.2) is 48.5 Å². The first-order chi connectivity index (χ1) is 22.2. The molecule has 1 heterocycles. The number of urea groups is 1. The molecule has 1 aliphatic carbocycles. The minimum Gasteiger partial charge on any atom is -0.490 e. The monoisotopic (exact) mass is 636 g/mol. The third-order valence-corrected chi connectivity index (χ3v) is 9.12. The molecule has 4 atom stereocenters. The van der Waals surface area contributed by atoms with Gasteiger partial charge in [0.2, 0.25) is 5.91 Å². The van der Waals surface area contributed by atoms with E-state index >= 15 is 0 Å². The van der Waals surface area contributed by atoms with Crippen molar-refractivity contribution in [1.82, 2.24) is 9.80 Å². The van der Waals surface area contributed by atoms with Crippen molar-refractivity contribution in [2.24, 2.45) is 11.8 Å². The van der Waals surface area contributed by atoms with Crippen molar-refractivity contribution in [1.29, 1.82) is 0 Å². The van der Waals surface area contributed by atoms with Gasteiger partial charge in [0, 0.05) is 50.0 Å². The van der Waals surface area contributed by atoms with Gasteiger partial charge in [0.05, 0.1) is 30.4 Å². The second-order valence-electron chi connectivity index (χ2n) is 13.0. The molecule has 1 fully saturated rings. The van der Waals surface area contributed by atoms with Crippen LogP contribution in [0.5, 0.6) is 5.75 Å². The molecule has 10 heteroatoms. The highest BCUT2D eigenvalue weighted by molar-refractivity contribution is 6.00. The first kappa shape index (κ1) is 35.2. The molecule has 1 aliphatic heterocycles. The number of aliphatic hydroxyl groups excluding tert-OH is 1. The molecule has 3 N–H and O–H groups in total. The number of hydrogen-bond acceptors (Lipinski definition) is 6. The highest BCUT2D eigenvalue weighted by Crippen LogP contribution is 2.30. The number of ether oxygens (including phenoxy) is 2. The van der Waals surface area contributed by atoms with Gasteiger partial charge in [-0.2, -0.15) is 0 Å². The highest BCUT2D eigenvalue weighted by Gasteiger charge is 2.31. The molecular weight excluding hydrogens is 584 g/mol. The van der Waals surface area contributed by atoms with Crippen molar-refractivity contribution < 1.29 is 29.0 Å². The summed E-state index contributed by atoms with van der Waals surface area (Å²) in [6.07, 6.45) is 6.98. The van der Waals surface area contributed by atoms with Gasteiger partial charge in [0.15, 0.2) is 0 Å². The number of aliphatic hydroxyl groups is 1. The Morgan fingerprint density at radius 3 is 2.41 bits per heavy atom. The van der Waals surface area contributed by atoms with E-state index in [1.165, 1.54) is 0 Å². The van der Waals surface area contributed by atoms with Gasteiger partial charge in [-0.3, -0.25) is 9.59 Å². The second-order valence-corrected chi connectivity index (χ2v) is 13.0. The fourth-order valence-electron chi connectivity index (χ4n) is 6.17. The van der Waals surface area contributed by atoms with Crippen LogP contribution < -0.4 is 15.4 Å². The summed E-state index contributed by atoms with van der Waals surface area (Å²) in [5, 5.41) is 16.2. The fourth-order valence-corrected chi connectivity index (χ4v) is 6.17. The summed E-state index contributed by atoms with van der Waals surface area (Å²) in [7, 11) is 1.73. The molecule has 0 unspecified atom stereocenters. The molecular formula is C36H52N4O6. The van der Waals surface area contributed by atoms with Crippen LogP contribution in [0, 0.1) is 11.8 Å². The smallest absolute Gasteiger partial charge is 0.321 e. The van der Waals surface area contributed by atoms with Gasteiger partial charge in [-0.05, 0) is 76.3 Å². The van der Waals surface area contributed by atoms with Gasteiger partial charge >= 0.3 is 6.03 Å². The quantitative estimate of drug-likeness (QED) is 0.335. The van der Waals surface area contributed by atoms with E-state index < -0.39 is 6.04 Å². The molecule has 0 spiro atoms. The Hall–Kier alpha value is -3.63. The standard InChI is InChI=1S/C36H52N4O6/c1-25-22-40(26(2)24-41)35(43)31-21-30(37-34(42)28-14-7-5-8-15-28)18-19-32(31)46-27(3)13-11-12-20-45-33(25)23-39(4)36(44)38-29-16-9-6-10-17-29/h6,9-10,16-19,21,25-28,33,41H,5,7-8,11-15,20,22-24H2,1-4H3,(H,37,42)(H,38,44)/t25-,26+,27-,33+/m0/s1. The number of amides is 4. The van der Waals surface area contributed by atoms with Crippen LogP contribution in [0.4, 0.5) is 16.2 Å². The van der Waals surface area contributed by atoms with Crippen LogP contribution >= 0.6 is 0 Å². The number of carbonyl (C=O) groups excluding carboxylic acids is 3. The van der Waals surface area contributed by atoms with Gasteiger partial charge in [-0.1, -0.05) is 44.4 Å². The van der Waals surface area contributed by atoms with Gasteiger partial charge in [0.25, 0.3) is 5.91 Å². The summed E-state index contributed by atoms with van der Waals surface area (Å²) in [5.74, 6) is -0.0540. The summed E-state index contributed by atoms with van der Waals surface area (Å²) >= 11 is 0. The molecule has 0 radical (unpaired) electrons. The molecule has 0 saturated heterocycles. The largest absolute Gasteiger partial charge is 0.490 e. The Morgan fingerprint density at radius 2 is 1.70 bits per heavy atom. The Morgan fingerprint density at radius 1 is 0.978 bits per heavy atom. The van der Waals surface area contributed by atoms with Crippen molar-refractivity contribution in [3.05, 3.63) is 54.1 Å². The lowest BCUT2D eigenvalue weighted by molar-refractivity contribution is -0.120. The van der Waals surface area contributed by atoms with Gasteiger partial charge in [0.1, 0.15) is 5.75 Å². The van der Waals surface area contributed by atoms with Crippen molar-refractivity contribution in [3.63, 3.8) is 0 Å². The molecule has 4 amide bonds. The predicted octanol–water partition coefficient (Wildman–Crippen LogP) is 6.16. The Bertz CT molecular complexity index is 1280. The van der Waals surface area contributed by atoms with E-state index in [1.807, 2.05) is 44.2 Å². The summed E-state index contributed by atoms with van der Waals surface area (Å²) in [5.41, 5.74) is 1.60. The highest BCUT2D eigenvalue weighted by atomic mass is 16.5. The first-order valence-corrected chi connectivity index (χ1v) is 16.9. The second kappa shape index (κ2) is 17.3. The van der Waals surface area contributed by atoms with Crippen molar-refractivity contribution >= 4 is 29.2 Å². The lowest BCUT2D eigenvalue weighted by atomic mass is 9.88. The number of hydrogen-bond donors (Lipinski definition) is 3. The van der Waals surface area contributed by atoms with Crippen molar-refractivity contribution in [3.8, 4) is 5.75 Å². The average molecular weight is 637 g/mol. The molecule has 46 heavy (non-hydrogen) atoms. The molecule has 2 aliphatic rings. The normalized spacial score (nSPS) is 22.5. The number of rotatable bonds is 7. The molecule has 10 nitrogen and oxygen atoms in total. The minimum absolute atomic E-state index is 0.0168. The SMILES string of the molecule is C[C@H](CO)N1C[C@H](C)[C@@H](CN(C)C(=O)Nc2ccccc2)OCCCC[C@H](C)Oc2ccc(NC(=O)C3CCCCC3)cc2C1=O. The molecule has 2 aromatic rings. The van der Waals surface area contributed by atoms with E-state index in [0.717, 1.165) is 51.4 Å². The number of nitrogens with one attached hydrogen (secondary N) is 2.